The second-order valence-corrected chi connectivity index (χ2v) is 8.24. The van der Waals surface area contributed by atoms with Crippen molar-refractivity contribution in [1.82, 2.24) is 19.6 Å². The Bertz CT molecular complexity index is 1230. The fourth-order valence-electron chi connectivity index (χ4n) is 4.70. The molecule has 3 aromatic heterocycles. The van der Waals surface area contributed by atoms with E-state index in [0.717, 1.165) is 64.9 Å². The molecular weight excluding hydrogens is 360 g/mol. The predicted octanol–water partition coefficient (Wildman–Crippen LogP) is 5.05. The van der Waals surface area contributed by atoms with Gasteiger partial charge in [0, 0.05) is 34.7 Å². The van der Waals surface area contributed by atoms with Crippen LogP contribution in [-0.4, -0.2) is 25.4 Å². The van der Waals surface area contributed by atoms with Gasteiger partial charge in [0.15, 0.2) is 11.4 Å². The maximum atomic E-state index is 13.6. The highest BCUT2D eigenvalue weighted by Crippen LogP contribution is 2.38. The Morgan fingerprint density at radius 1 is 1.07 bits per heavy atom. The fraction of sp³-hybridized carbons (Fsp3) is 0.333. The Morgan fingerprint density at radius 3 is 2.86 bits per heavy atom. The van der Waals surface area contributed by atoms with Crippen LogP contribution in [0, 0.1) is 19.8 Å². The van der Waals surface area contributed by atoms with Crippen molar-refractivity contribution < 1.29 is 4.79 Å². The highest BCUT2D eigenvalue weighted by molar-refractivity contribution is 6.08. The number of benzene rings is 1. The summed E-state index contributed by atoms with van der Waals surface area (Å²) < 4.78 is 2.06. The number of carbonyl (C=O) groups is 1. The molecule has 1 fully saturated rings. The first-order chi connectivity index (χ1) is 14.1. The number of hydrogen-bond donors (Lipinski definition) is 0. The molecule has 2 atom stereocenters. The van der Waals surface area contributed by atoms with Crippen LogP contribution in [0.25, 0.3) is 16.6 Å². The Labute approximate surface area is 169 Å². The summed E-state index contributed by atoms with van der Waals surface area (Å²) in [5.41, 5.74) is 4.61. The summed E-state index contributed by atoms with van der Waals surface area (Å²) in [6, 6.07) is 14.0. The summed E-state index contributed by atoms with van der Waals surface area (Å²) in [4.78, 5) is 18.2. The highest BCUT2D eigenvalue weighted by Gasteiger charge is 2.32. The van der Waals surface area contributed by atoms with Gasteiger partial charge >= 0.3 is 0 Å². The molecule has 5 nitrogen and oxygen atoms in total. The van der Waals surface area contributed by atoms with E-state index in [1.54, 1.807) is 0 Å². The Morgan fingerprint density at radius 2 is 1.97 bits per heavy atom. The number of fused-ring (bicyclic) bond motifs is 2. The van der Waals surface area contributed by atoms with Crippen molar-refractivity contribution in [2.75, 3.05) is 0 Å². The summed E-state index contributed by atoms with van der Waals surface area (Å²) in [6.45, 7) is 4.02. The first-order valence-electron chi connectivity index (χ1n) is 10.3. The summed E-state index contributed by atoms with van der Waals surface area (Å²) in [6.07, 6.45) is 5.85. The van der Waals surface area contributed by atoms with E-state index >= 15 is 0 Å². The second-order valence-electron chi connectivity index (χ2n) is 8.24. The van der Waals surface area contributed by atoms with Crippen LogP contribution in [-0.2, 0) is 0 Å². The molecule has 1 aromatic carbocycles. The first-order valence-corrected chi connectivity index (χ1v) is 10.3. The van der Waals surface area contributed by atoms with Crippen LogP contribution in [0.3, 0.4) is 0 Å². The predicted molar refractivity (Wildman–Crippen MR) is 113 cm³/mol. The van der Waals surface area contributed by atoms with Gasteiger partial charge in [-0.2, -0.15) is 0 Å². The molecule has 1 unspecified atom stereocenters. The molecule has 1 aliphatic rings. The molecule has 146 valence electrons. The minimum atomic E-state index is 0.00956. The number of aryl methyl sites for hydroxylation is 2. The average Bonchev–Trinajstić information content (AvgIpc) is 3.17. The molecule has 0 saturated heterocycles. The molecule has 0 N–H and O–H groups in total. The lowest BCUT2D eigenvalue weighted by molar-refractivity contribution is 0.0881. The molecule has 1 saturated carbocycles. The van der Waals surface area contributed by atoms with Crippen LogP contribution >= 0.6 is 0 Å². The summed E-state index contributed by atoms with van der Waals surface area (Å²) >= 11 is 0. The van der Waals surface area contributed by atoms with E-state index in [2.05, 4.69) is 38.6 Å². The van der Waals surface area contributed by atoms with Crippen LogP contribution in [0.1, 0.15) is 59.0 Å². The van der Waals surface area contributed by atoms with Crippen LogP contribution < -0.4 is 0 Å². The molecular formula is C24H24N4O. The number of pyridine rings is 2. The molecule has 5 heteroatoms. The van der Waals surface area contributed by atoms with Gasteiger partial charge in [-0.25, -0.2) is 0 Å². The zero-order chi connectivity index (χ0) is 20.0. The number of rotatable bonds is 3. The maximum Gasteiger partial charge on any atom is 0.166 e. The molecule has 29 heavy (non-hydrogen) atoms. The Hall–Kier alpha value is -3.08. The number of Topliss-reactive ketones (excluding diaryl/α,β-unsaturated/α-hetero) is 1. The third kappa shape index (κ3) is 3.20. The van der Waals surface area contributed by atoms with Crippen molar-refractivity contribution in [3.63, 3.8) is 0 Å². The molecule has 4 aromatic rings. The third-order valence-electron chi connectivity index (χ3n) is 6.11. The van der Waals surface area contributed by atoms with Crippen molar-refractivity contribution in [2.45, 2.75) is 45.4 Å². The highest BCUT2D eigenvalue weighted by atomic mass is 16.1. The van der Waals surface area contributed by atoms with Gasteiger partial charge < -0.3 is 0 Å². The van der Waals surface area contributed by atoms with Gasteiger partial charge in [0.2, 0.25) is 0 Å². The van der Waals surface area contributed by atoms with Gasteiger partial charge in [-0.1, -0.05) is 24.1 Å². The normalized spacial score (nSPS) is 19.7. The zero-order valence-electron chi connectivity index (χ0n) is 16.8. The van der Waals surface area contributed by atoms with E-state index in [9.17, 15) is 4.79 Å². The van der Waals surface area contributed by atoms with Crippen molar-refractivity contribution in [3.05, 3.63) is 71.3 Å². The molecule has 0 radical (unpaired) electrons. The van der Waals surface area contributed by atoms with E-state index in [0.29, 0.717) is 0 Å². The topological polar surface area (TPSA) is 60.2 Å². The minimum absolute atomic E-state index is 0.00956. The van der Waals surface area contributed by atoms with E-state index in [-0.39, 0.29) is 17.6 Å². The van der Waals surface area contributed by atoms with Gasteiger partial charge in [-0.15, -0.1) is 10.2 Å². The number of carbonyl (C=O) groups excluding carboxylic acids is 1. The van der Waals surface area contributed by atoms with Crippen molar-refractivity contribution >= 4 is 22.3 Å². The first kappa shape index (κ1) is 18.0. The van der Waals surface area contributed by atoms with Crippen LogP contribution in [0.5, 0.6) is 0 Å². The molecule has 0 amide bonds. The number of hydrogen-bond acceptors (Lipinski definition) is 4. The van der Waals surface area contributed by atoms with Crippen LogP contribution in [0.15, 0.2) is 48.7 Å². The van der Waals surface area contributed by atoms with Crippen molar-refractivity contribution in [2.24, 2.45) is 5.92 Å². The molecule has 0 aliphatic heterocycles. The Balaban J connectivity index is 1.49. The lowest BCUT2D eigenvalue weighted by atomic mass is 9.77. The van der Waals surface area contributed by atoms with E-state index in [4.69, 9.17) is 0 Å². The van der Waals surface area contributed by atoms with Crippen molar-refractivity contribution in [1.29, 1.82) is 0 Å². The van der Waals surface area contributed by atoms with Gasteiger partial charge in [0.05, 0.1) is 5.52 Å². The lowest BCUT2D eigenvalue weighted by Gasteiger charge is -2.27. The lowest BCUT2D eigenvalue weighted by Crippen LogP contribution is -2.23. The standard InChI is InChI=1S/C24H24N4O/c1-15-9-10-21-19(12-15)20(13-16(2)25-21)23(29)17-6-5-7-18(14-17)24-27-26-22-8-3-4-11-28(22)24/h3-4,8-13,17-18H,5-7,14H2,1-2H3/t17?,18-/m0/s1. The molecule has 3 heterocycles. The van der Waals surface area contributed by atoms with Crippen LogP contribution in [0.2, 0.25) is 0 Å². The van der Waals surface area contributed by atoms with Gasteiger partial charge in [-0.05, 0) is 63.4 Å². The van der Waals surface area contributed by atoms with Gasteiger partial charge in [0.25, 0.3) is 0 Å². The molecule has 5 rings (SSSR count). The van der Waals surface area contributed by atoms with E-state index in [1.165, 1.54) is 0 Å². The number of aromatic nitrogens is 4. The average molecular weight is 384 g/mol. The SMILES string of the molecule is Cc1ccc2nc(C)cc(C(=O)C3CCC[C@H](c4nnc5ccccn45)C3)c2c1. The van der Waals surface area contributed by atoms with Crippen molar-refractivity contribution in [3.8, 4) is 0 Å². The zero-order valence-corrected chi connectivity index (χ0v) is 16.8. The Kier molecular flexibility index (Phi) is 4.38. The fourth-order valence-corrected chi connectivity index (χ4v) is 4.70. The summed E-state index contributed by atoms with van der Waals surface area (Å²) in [5, 5.41) is 9.72. The minimum Gasteiger partial charge on any atom is -0.294 e. The molecule has 0 spiro atoms. The van der Waals surface area contributed by atoms with E-state index < -0.39 is 0 Å². The molecule has 0 bridgehead atoms. The summed E-state index contributed by atoms with van der Waals surface area (Å²) in [5.74, 6) is 1.48. The smallest absolute Gasteiger partial charge is 0.166 e. The van der Waals surface area contributed by atoms with E-state index in [1.807, 2.05) is 43.5 Å². The number of ketones is 1. The number of nitrogens with zero attached hydrogens (tertiary/aromatic N) is 4. The van der Waals surface area contributed by atoms with Gasteiger partial charge in [-0.3, -0.25) is 14.2 Å². The third-order valence-corrected chi connectivity index (χ3v) is 6.11. The molecule has 1 aliphatic carbocycles. The largest absolute Gasteiger partial charge is 0.294 e. The van der Waals surface area contributed by atoms with Crippen LogP contribution in [0.4, 0.5) is 0 Å². The van der Waals surface area contributed by atoms with Gasteiger partial charge in [0.1, 0.15) is 5.82 Å². The maximum absolute atomic E-state index is 13.6. The quantitative estimate of drug-likeness (QED) is 0.464. The second kappa shape index (κ2) is 7.07. The summed E-state index contributed by atoms with van der Waals surface area (Å²) in [7, 11) is 0. The monoisotopic (exact) mass is 384 g/mol.